The zero-order valence-corrected chi connectivity index (χ0v) is 30.9. The number of benzene rings is 9. The largest absolute Gasteiger partial charge is 0.454 e. The Morgan fingerprint density at radius 3 is 1.42 bits per heavy atom. The summed E-state index contributed by atoms with van der Waals surface area (Å²) < 4.78 is 11.6. The van der Waals surface area contributed by atoms with Gasteiger partial charge in [-0.15, -0.1) is 0 Å². The molecule has 0 saturated heterocycles. The summed E-state index contributed by atoms with van der Waals surface area (Å²) in [6.07, 6.45) is 0. The summed E-state index contributed by atoms with van der Waals surface area (Å²) in [5.41, 5.74) is 15.6. The van der Waals surface area contributed by atoms with Crippen LogP contribution in [0.15, 0.2) is 211 Å². The number of hydrogen-bond donors (Lipinski definition) is 0. The first-order chi connectivity index (χ1) is 28.3. The summed E-state index contributed by atoms with van der Waals surface area (Å²) in [5.74, 6) is 0. The molecule has 3 nitrogen and oxygen atoms in total. The number of rotatable bonds is 5. The van der Waals surface area contributed by atoms with E-state index in [0.29, 0.717) is 0 Å². The van der Waals surface area contributed by atoms with Crippen LogP contribution in [0.4, 0.5) is 0 Å². The van der Waals surface area contributed by atoms with E-state index in [1.807, 2.05) is 6.07 Å². The molecule has 3 aromatic heterocycles. The highest BCUT2D eigenvalue weighted by molar-refractivity contribution is 6.15. The van der Waals surface area contributed by atoms with Crippen LogP contribution in [0, 0.1) is 0 Å². The molecule has 3 heterocycles. The average molecular weight is 727 g/mol. The highest BCUT2D eigenvalue weighted by atomic mass is 16.3. The molecule has 12 rings (SSSR count). The number of nitrogens with zero attached hydrogens (tertiary/aromatic N) is 2. The zero-order valence-electron chi connectivity index (χ0n) is 30.9. The van der Waals surface area contributed by atoms with Gasteiger partial charge in [-0.2, -0.15) is 0 Å². The van der Waals surface area contributed by atoms with Gasteiger partial charge in [-0.1, -0.05) is 152 Å². The maximum atomic E-state index is 6.80. The number of aromatic nitrogens is 2. The first-order valence-electron chi connectivity index (χ1n) is 19.5. The number of para-hydroxylation sites is 4. The Labute approximate surface area is 328 Å². The van der Waals surface area contributed by atoms with Crippen molar-refractivity contribution in [2.75, 3.05) is 0 Å². The van der Waals surface area contributed by atoms with Crippen LogP contribution in [-0.2, 0) is 0 Å². The molecule has 0 amide bonds. The Morgan fingerprint density at radius 1 is 0.281 bits per heavy atom. The topological polar surface area (TPSA) is 23.0 Å². The third-order valence-electron chi connectivity index (χ3n) is 11.7. The van der Waals surface area contributed by atoms with Gasteiger partial charge in [0.15, 0.2) is 5.58 Å². The van der Waals surface area contributed by atoms with E-state index in [1.165, 1.54) is 49.3 Å². The van der Waals surface area contributed by atoms with E-state index >= 15 is 0 Å². The third-order valence-corrected chi connectivity index (χ3v) is 11.7. The third kappa shape index (κ3) is 4.92. The van der Waals surface area contributed by atoms with E-state index in [9.17, 15) is 0 Å². The first kappa shape index (κ1) is 31.7. The van der Waals surface area contributed by atoms with Gasteiger partial charge < -0.3 is 13.6 Å². The zero-order chi connectivity index (χ0) is 37.5. The lowest BCUT2D eigenvalue weighted by molar-refractivity contribution is 0.666. The lowest BCUT2D eigenvalue weighted by Crippen LogP contribution is -1.96. The van der Waals surface area contributed by atoms with E-state index in [2.05, 4.69) is 209 Å². The van der Waals surface area contributed by atoms with Crippen molar-refractivity contribution in [2.45, 2.75) is 0 Å². The molecule has 0 radical (unpaired) electrons. The van der Waals surface area contributed by atoms with Crippen LogP contribution in [0.2, 0.25) is 0 Å². The van der Waals surface area contributed by atoms with E-state index in [4.69, 9.17) is 4.42 Å². The molecule has 0 fully saturated rings. The van der Waals surface area contributed by atoms with Crippen molar-refractivity contribution < 1.29 is 4.42 Å². The predicted molar refractivity (Wildman–Crippen MR) is 239 cm³/mol. The van der Waals surface area contributed by atoms with Crippen LogP contribution in [-0.4, -0.2) is 9.13 Å². The molecule has 3 heteroatoms. The van der Waals surface area contributed by atoms with Gasteiger partial charge in [0.25, 0.3) is 0 Å². The molecular formula is C54H34N2O. The summed E-state index contributed by atoms with van der Waals surface area (Å²) in [4.78, 5) is 0. The van der Waals surface area contributed by atoms with Crippen LogP contribution < -0.4 is 0 Å². The SMILES string of the molecule is c1ccc(-c2ccc(-c3cc(-n4c5ccccc5c5ccc(-c6ccc7c8ccccc8n(-c8ccccc8)c7c6)cc54)c4oc5ccccc5c4c3)cc2)cc1. The second-order valence-electron chi connectivity index (χ2n) is 14.9. The normalized spacial score (nSPS) is 11.9. The Kier molecular flexibility index (Phi) is 6.93. The summed E-state index contributed by atoms with van der Waals surface area (Å²) in [6.45, 7) is 0. The van der Waals surface area contributed by atoms with Gasteiger partial charge in [0, 0.05) is 38.0 Å². The van der Waals surface area contributed by atoms with Crippen LogP contribution in [0.3, 0.4) is 0 Å². The summed E-state index contributed by atoms with van der Waals surface area (Å²) >= 11 is 0. The molecule has 0 saturated carbocycles. The van der Waals surface area contributed by atoms with Crippen molar-refractivity contribution in [3.8, 4) is 44.8 Å². The van der Waals surface area contributed by atoms with Crippen LogP contribution >= 0.6 is 0 Å². The summed E-state index contributed by atoms with van der Waals surface area (Å²) in [7, 11) is 0. The Morgan fingerprint density at radius 2 is 0.754 bits per heavy atom. The number of furan rings is 1. The Bertz CT molecular complexity index is 3490. The predicted octanol–water partition coefficient (Wildman–Crippen LogP) is 14.8. The highest BCUT2D eigenvalue weighted by Crippen LogP contribution is 2.42. The van der Waals surface area contributed by atoms with Gasteiger partial charge >= 0.3 is 0 Å². The minimum absolute atomic E-state index is 0.878. The molecular weight excluding hydrogens is 693 g/mol. The van der Waals surface area contributed by atoms with E-state index < -0.39 is 0 Å². The highest BCUT2D eigenvalue weighted by Gasteiger charge is 2.21. The molecule has 0 atom stereocenters. The molecule has 0 spiro atoms. The van der Waals surface area contributed by atoms with Gasteiger partial charge in [0.1, 0.15) is 5.58 Å². The molecule has 9 aromatic carbocycles. The lowest BCUT2D eigenvalue weighted by atomic mass is 9.98. The number of fused-ring (bicyclic) bond motifs is 9. The monoisotopic (exact) mass is 726 g/mol. The molecule has 57 heavy (non-hydrogen) atoms. The molecule has 0 N–H and O–H groups in total. The van der Waals surface area contributed by atoms with E-state index in [1.54, 1.807) is 0 Å². The smallest absolute Gasteiger partial charge is 0.159 e. The summed E-state index contributed by atoms with van der Waals surface area (Å²) in [5, 5.41) is 7.13. The van der Waals surface area contributed by atoms with E-state index in [-0.39, 0.29) is 0 Å². The second-order valence-corrected chi connectivity index (χ2v) is 14.9. The molecule has 0 aliphatic carbocycles. The van der Waals surface area contributed by atoms with Crippen LogP contribution in [0.1, 0.15) is 0 Å². The summed E-state index contributed by atoms with van der Waals surface area (Å²) in [6, 6.07) is 74.5. The standard InChI is InChI=1S/C54H34N2O/c1-3-13-35(14-4-1)36-23-25-37(26-24-36)40-31-47-46-19-9-12-22-53(46)57-54(47)52(34-40)56-49-21-11-8-18-43(49)45-30-28-39(33-51(45)56)38-27-29-44-42-17-7-10-20-48(42)55(50(44)32-38)41-15-5-2-6-16-41/h1-34H. The van der Waals surface area contributed by atoms with Gasteiger partial charge in [0.2, 0.25) is 0 Å². The van der Waals surface area contributed by atoms with Gasteiger partial charge in [-0.25, -0.2) is 0 Å². The quantitative estimate of drug-likeness (QED) is 0.173. The van der Waals surface area contributed by atoms with Crippen molar-refractivity contribution in [3.63, 3.8) is 0 Å². The van der Waals surface area contributed by atoms with Gasteiger partial charge in [0.05, 0.1) is 27.8 Å². The van der Waals surface area contributed by atoms with Crippen molar-refractivity contribution in [1.29, 1.82) is 0 Å². The van der Waals surface area contributed by atoms with Crippen molar-refractivity contribution in [2.24, 2.45) is 0 Å². The maximum Gasteiger partial charge on any atom is 0.159 e. The average Bonchev–Trinajstić information content (AvgIpc) is 3.94. The molecule has 0 aliphatic heterocycles. The minimum Gasteiger partial charge on any atom is -0.454 e. The maximum absolute atomic E-state index is 6.80. The number of hydrogen-bond acceptors (Lipinski definition) is 1. The molecule has 0 unspecified atom stereocenters. The molecule has 0 aliphatic rings. The Hall–Kier alpha value is -7.62. The molecule has 0 bridgehead atoms. The van der Waals surface area contributed by atoms with Crippen LogP contribution in [0.25, 0.3) is 110 Å². The van der Waals surface area contributed by atoms with Gasteiger partial charge in [-0.3, -0.25) is 0 Å². The van der Waals surface area contributed by atoms with Crippen molar-refractivity contribution in [3.05, 3.63) is 206 Å². The molecule has 12 aromatic rings. The minimum atomic E-state index is 0.878. The van der Waals surface area contributed by atoms with E-state index in [0.717, 1.165) is 61.0 Å². The van der Waals surface area contributed by atoms with Crippen LogP contribution in [0.5, 0.6) is 0 Å². The van der Waals surface area contributed by atoms with Gasteiger partial charge in [-0.05, 0) is 88.0 Å². The Balaban J connectivity index is 1.10. The first-order valence-corrected chi connectivity index (χ1v) is 19.5. The molecule has 266 valence electrons. The van der Waals surface area contributed by atoms with Crippen molar-refractivity contribution >= 4 is 65.6 Å². The second kappa shape index (κ2) is 12.5. The fourth-order valence-electron chi connectivity index (χ4n) is 9.04. The lowest BCUT2D eigenvalue weighted by Gasteiger charge is -2.13. The van der Waals surface area contributed by atoms with Crippen molar-refractivity contribution in [1.82, 2.24) is 9.13 Å². The fraction of sp³-hybridized carbons (Fsp3) is 0. The fourth-order valence-corrected chi connectivity index (χ4v) is 9.04.